The van der Waals surface area contributed by atoms with E-state index >= 15 is 0 Å². The molecule has 1 atom stereocenters. The number of rotatable bonds is 4. The first-order valence-corrected chi connectivity index (χ1v) is 5.30. The summed E-state index contributed by atoms with van der Waals surface area (Å²) in [6.07, 6.45) is 1.61. The second-order valence-electron chi connectivity index (χ2n) is 3.39. The van der Waals surface area contributed by atoms with Gasteiger partial charge in [-0.25, -0.2) is 9.78 Å². The number of aliphatic hydroxyl groups is 1. The van der Waals surface area contributed by atoms with Gasteiger partial charge in [0.15, 0.2) is 0 Å². The van der Waals surface area contributed by atoms with Gasteiger partial charge in [-0.3, -0.25) is 0 Å². The monoisotopic (exact) mass is 243 g/mol. The second kappa shape index (κ2) is 6.30. The van der Waals surface area contributed by atoms with E-state index in [0.29, 0.717) is 23.8 Å². The number of aromatic nitrogens is 1. The minimum Gasteiger partial charge on any atom is -0.393 e. The molecular weight excluding hydrogens is 230 g/mol. The lowest BCUT2D eigenvalue weighted by atomic mass is 10.3. The maximum atomic E-state index is 11.3. The SMILES string of the molecule is CC(O)CCNC(=O)Nc1ccnc(Cl)c1. The molecule has 0 spiro atoms. The number of anilines is 1. The third-order valence-electron chi connectivity index (χ3n) is 1.83. The van der Waals surface area contributed by atoms with Crippen LogP contribution in [0.2, 0.25) is 5.15 Å². The number of aliphatic hydroxyl groups excluding tert-OH is 1. The summed E-state index contributed by atoms with van der Waals surface area (Å²) in [5, 5.41) is 14.5. The number of halogens is 1. The van der Waals surface area contributed by atoms with Crippen molar-refractivity contribution in [3.63, 3.8) is 0 Å². The number of hydrogen-bond acceptors (Lipinski definition) is 3. The van der Waals surface area contributed by atoms with Gasteiger partial charge < -0.3 is 15.7 Å². The molecule has 88 valence electrons. The van der Waals surface area contributed by atoms with Crippen molar-refractivity contribution >= 4 is 23.3 Å². The number of carbonyl (C=O) groups is 1. The Labute approximate surface area is 98.8 Å². The van der Waals surface area contributed by atoms with E-state index in [0.717, 1.165) is 0 Å². The number of hydrogen-bond donors (Lipinski definition) is 3. The Morgan fingerprint density at radius 2 is 2.44 bits per heavy atom. The van der Waals surface area contributed by atoms with Crippen molar-refractivity contribution in [1.29, 1.82) is 0 Å². The number of nitrogens with one attached hydrogen (secondary N) is 2. The fourth-order valence-corrected chi connectivity index (χ4v) is 1.22. The third kappa shape index (κ3) is 4.95. The molecular formula is C10H14ClN3O2. The van der Waals surface area contributed by atoms with E-state index in [1.54, 1.807) is 19.1 Å². The Morgan fingerprint density at radius 3 is 3.06 bits per heavy atom. The van der Waals surface area contributed by atoms with Crippen molar-refractivity contribution in [3.8, 4) is 0 Å². The van der Waals surface area contributed by atoms with Gasteiger partial charge in [-0.05, 0) is 25.5 Å². The van der Waals surface area contributed by atoms with Gasteiger partial charge >= 0.3 is 6.03 Å². The number of urea groups is 1. The molecule has 0 aliphatic heterocycles. The van der Waals surface area contributed by atoms with Crippen molar-refractivity contribution in [1.82, 2.24) is 10.3 Å². The molecule has 1 heterocycles. The molecule has 0 bridgehead atoms. The van der Waals surface area contributed by atoms with E-state index in [4.69, 9.17) is 16.7 Å². The summed E-state index contributed by atoms with van der Waals surface area (Å²) in [5.74, 6) is 0. The van der Waals surface area contributed by atoms with Crippen molar-refractivity contribution in [2.24, 2.45) is 0 Å². The van der Waals surface area contributed by atoms with E-state index in [2.05, 4.69) is 15.6 Å². The average Bonchev–Trinajstić information content (AvgIpc) is 2.16. The first kappa shape index (κ1) is 12.7. The molecule has 1 rings (SSSR count). The standard InChI is InChI=1S/C10H14ClN3O2/c1-7(15)2-4-13-10(16)14-8-3-5-12-9(11)6-8/h3,5-7,15H,2,4H2,1H3,(H2,12,13,14,16). The zero-order chi connectivity index (χ0) is 12.0. The number of pyridine rings is 1. The minimum atomic E-state index is -0.421. The lowest BCUT2D eigenvalue weighted by Crippen LogP contribution is -2.30. The van der Waals surface area contributed by atoms with Crippen molar-refractivity contribution in [3.05, 3.63) is 23.5 Å². The minimum absolute atomic E-state index is 0.321. The number of carbonyl (C=O) groups excluding carboxylic acids is 1. The highest BCUT2D eigenvalue weighted by atomic mass is 35.5. The maximum absolute atomic E-state index is 11.3. The molecule has 0 fully saturated rings. The Hall–Kier alpha value is -1.33. The highest BCUT2D eigenvalue weighted by Crippen LogP contribution is 2.11. The zero-order valence-corrected chi connectivity index (χ0v) is 9.66. The Morgan fingerprint density at radius 1 is 1.69 bits per heavy atom. The molecule has 16 heavy (non-hydrogen) atoms. The molecule has 5 nitrogen and oxygen atoms in total. The summed E-state index contributed by atoms with van der Waals surface area (Å²) in [4.78, 5) is 15.1. The third-order valence-corrected chi connectivity index (χ3v) is 2.04. The second-order valence-corrected chi connectivity index (χ2v) is 3.77. The lowest BCUT2D eigenvalue weighted by Gasteiger charge is -2.08. The molecule has 2 amide bonds. The molecule has 0 aliphatic rings. The van der Waals surface area contributed by atoms with E-state index in [-0.39, 0.29) is 6.03 Å². The number of amides is 2. The van der Waals surface area contributed by atoms with Crippen LogP contribution < -0.4 is 10.6 Å². The lowest BCUT2D eigenvalue weighted by molar-refractivity contribution is 0.184. The van der Waals surface area contributed by atoms with Crippen LogP contribution in [0.1, 0.15) is 13.3 Å². The van der Waals surface area contributed by atoms with Gasteiger partial charge in [-0.1, -0.05) is 11.6 Å². The molecule has 0 radical (unpaired) electrons. The predicted octanol–water partition coefficient (Wildman–Crippen LogP) is 1.63. The average molecular weight is 244 g/mol. The van der Waals surface area contributed by atoms with Gasteiger partial charge in [0.05, 0.1) is 6.10 Å². The number of nitrogens with zero attached hydrogens (tertiary/aromatic N) is 1. The summed E-state index contributed by atoms with van der Waals surface area (Å²) in [6.45, 7) is 2.09. The molecule has 1 aromatic rings. The fraction of sp³-hybridized carbons (Fsp3) is 0.400. The molecule has 6 heteroatoms. The molecule has 0 aliphatic carbocycles. The van der Waals surface area contributed by atoms with Gasteiger partial charge in [0.2, 0.25) is 0 Å². The van der Waals surface area contributed by atoms with Crippen molar-refractivity contribution in [2.45, 2.75) is 19.4 Å². The van der Waals surface area contributed by atoms with E-state index in [9.17, 15) is 4.79 Å². The summed E-state index contributed by atoms with van der Waals surface area (Å²) in [5.41, 5.74) is 0.578. The molecule has 0 aromatic carbocycles. The van der Waals surface area contributed by atoms with Gasteiger partial charge in [0.25, 0.3) is 0 Å². The van der Waals surface area contributed by atoms with Crippen LogP contribution in [0.4, 0.5) is 10.5 Å². The van der Waals surface area contributed by atoms with Crippen LogP contribution in [-0.2, 0) is 0 Å². The molecule has 1 unspecified atom stereocenters. The fourth-order valence-electron chi connectivity index (χ4n) is 1.05. The maximum Gasteiger partial charge on any atom is 0.319 e. The quantitative estimate of drug-likeness (QED) is 0.704. The van der Waals surface area contributed by atoms with E-state index < -0.39 is 6.10 Å². The van der Waals surface area contributed by atoms with Crippen LogP contribution in [0, 0.1) is 0 Å². The summed E-state index contributed by atoms with van der Waals surface area (Å²) in [7, 11) is 0. The molecule has 0 saturated carbocycles. The van der Waals surface area contributed by atoms with Crippen LogP contribution >= 0.6 is 11.6 Å². The smallest absolute Gasteiger partial charge is 0.319 e. The highest BCUT2D eigenvalue weighted by molar-refractivity contribution is 6.29. The van der Waals surface area contributed by atoms with Crippen LogP contribution in [-0.4, -0.2) is 28.8 Å². The molecule has 1 aromatic heterocycles. The van der Waals surface area contributed by atoms with Crippen LogP contribution in [0.25, 0.3) is 0 Å². The van der Waals surface area contributed by atoms with Gasteiger partial charge in [-0.2, -0.15) is 0 Å². The van der Waals surface area contributed by atoms with Crippen LogP contribution in [0.15, 0.2) is 18.3 Å². The Bertz CT molecular complexity index is 358. The molecule has 3 N–H and O–H groups in total. The van der Waals surface area contributed by atoms with Gasteiger partial charge in [0, 0.05) is 18.4 Å². The summed E-state index contributed by atoms with van der Waals surface area (Å²) < 4.78 is 0. The van der Waals surface area contributed by atoms with E-state index in [1.165, 1.54) is 6.20 Å². The van der Waals surface area contributed by atoms with Crippen LogP contribution in [0.5, 0.6) is 0 Å². The Kier molecular flexibility index (Phi) is 5.01. The first-order valence-electron chi connectivity index (χ1n) is 4.92. The van der Waals surface area contributed by atoms with Gasteiger partial charge in [-0.15, -0.1) is 0 Å². The first-order chi connectivity index (χ1) is 7.58. The normalized spacial score (nSPS) is 11.9. The largest absolute Gasteiger partial charge is 0.393 e. The highest BCUT2D eigenvalue weighted by Gasteiger charge is 2.02. The van der Waals surface area contributed by atoms with Gasteiger partial charge in [0.1, 0.15) is 5.15 Å². The summed E-state index contributed by atoms with van der Waals surface area (Å²) in [6, 6.07) is 2.86. The molecule has 0 saturated heterocycles. The van der Waals surface area contributed by atoms with E-state index in [1.807, 2.05) is 0 Å². The topological polar surface area (TPSA) is 74.2 Å². The predicted molar refractivity (Wildman–Crippen MR) is 62.6 cm³/mol. The van der Waals surface area contributed by atoms with Crippen LogP contribution in [0.3, 0.4) is 0 Å². The van der Waals surface area contributed by atoms with Crippen molar-refractivity contribution in [2.75, 3.05) is 11.9 Å². The zero-order valence-electron chi connectivity index (χ0n) is 8.90. The summed E-state index contributed by atoms with van der Waals surface area (Å²) >= 11 is 5.66. The Balaban J connectivity index is 2.34. The van der Waals surface area contributed by atoms with Crippen molar-refractivity contribution < 1.29 is 9.90 Å².